The molecular formula is C44H25N3O. The van der Waals surface area contributed by atoms with Crippen molar-refractivity contribution in [1.29, 1.82) is 0 Å². The molecule has 8 aromatic carbocycles. The molecule has 0 atom stereocenters. The maximum absolute atomic E-state index is 6.70. The van der Waals surface area contributed by atoms with Crippen molar-refractivity contribution in [1.82, 2.24) is 14.5 Å². The number of hydrogen-bond acceptors (Lipinski definition) is 3. The van der Waals surface area contributed by atoms with E-state index >= 15 is 0 Å². The Morgan fingerprint density at radius 3 is 1.67 bits per heavy atom. The van der Waals surface area contributed by atoms with Crippen LogP contribution >= 0.6 is 0 Å². The van der Waals surface area contributed by atoms with E-state index in [0.717, 1.165) is 60.5 Å². The predicted octanol–water partition coefficient (Wildman–Crippen LogP) is 11.8. The topological polar surface area (TPSA) is 43.9 Å². The molecule has 4 nitrogen and oxygen atoms in total. The maximum atomic E-state index is 6.70. The van der Waals surface area contributed by atoms with Gasteiger partial charge in [-0.2, -0.15) is 0 Å². The summed E-state index contributed by atoms with van der Waals surface area (Å²) in [4.78, 5) is 10.8. The summed E-state index contributed by atoms with van der Waals surface area (Å²) in [6.07, 6.45) is 0. The maximum Gasteiger partial charge on any atom is 0.235 e. The van der Waals surface area contributed by atoms with E-state index in [1.165, 1.54) is 37.7 Å². The standard InChI is InChI=1S/C44H25N3O/c1-4-14-29-26(11-1)21-23-36-40(29)41-30-15-5-2-12-27(30)22-24-37(41)47(36)44-45-35-19-9-7-17-32(35)42(46-44)34-25-28-13-3-6-16-31(28)39-33-18-8-10-20-38(33)48-43(34)39/h1-25H. The minimum absolute atomic E-state index is 0.631. The predicted molar refractivity (Wildman–Crippen MR) is 199 cm³/mol. The van der Waals surface area contributed by atoms with Crippen LogP contribution in [0, 0.1) is 0 Å². The number of fused-ring (bicyclic) bond motifs is 13. The van der Waals surface area contributed by atoms with E-state index in [2.05, 4.69) is 138 Å². The normalized spacial score (nSPS) is 12.2. The molecule has 3 heterocycles. The number of furan rings is 1. The summed E-state index contributed by atoms with van der Waals surface area (Å²) in [6, 6.07) is 53.5. The number of nitrogens with zero attached hydrogens (tertiary/aromatic N) is 3. The van der Waals surface area contributed by atoms with E-state index in [4.69, 9.17) is 14.4 Å². The van der Waals surface area contributed by atoms with E-state index in [-0.39, 0.29) is 0 Å². The Hall–Kier alpha value is -6.52. The number of rotatable bonds is 2. The quantitative estimate of drug-likeness (QED) is 0.195. The molecule has 3 aromatic heterocycles. The average Bonchev–Trinajstić information content (AvgIpc) is 3.71. The van der Waals surface area contributed by atoms with Crippen molar-refractivity contribution in [2.75, 3.05) is 0 Å². The molecule has 0 saturated carbocycles. The van der Waals surface area contributed by atoms with Crippen LogP contribution < -0.4 is 0 Å². The third kappa shape index (κ3) is 3.43. The van der Waals surface area contributed by atoms with E-state index in [0.29, 0.717) is 5.95 Å². The summed E-state index contributed by atoms with van der Waals surface area (Å²) in [5.41, 5.74) is 6.54. The minimum Gasteiger partial charge on any atom is -0.455 e. The molecule has 0 saturated heterocycles. The summed E-state index contributed by atoms with van der Waals surface area (Å²) in [7, 11) is 0. The largest absolute Gasteiger partial charge is 0.455 e. The highest BCUT2D eigenvalue weighted by molar-refractivity contribution is 6.28. The summed E-state index contributed by atoms with van der Waals surface area (Å²) >= 11 is 0. The Balaban J connectivity index is 1.31. The van der Waals surface area contributed by atoms with Gasteiger partial charge >= 0.3 is 0 Å². The molecule has 0 bridgehead atoms. The molecule has 0 aliphatic rings. The first-order valence-corrected chi connectivity index (χ1v) is 16.3. The van der Waals surface area contributed by atoms with Gasteiger partial charge in [0, 0.05) is 32.5 Å². The highest BCUT2D eigenvalue weighted by Gasteiger charge is 2.23. The molecule has 11 aromatic rings. The zero-order valence-corrected chi connectivity index (χ0v) is 25.7. The fraction of sp³-hybridized carbons (Fsp3) is 0. The van der Waals surface area contributed by atoms with Crippen LogP contribution in [0.1, 0.15) is 0 Å². The van der Waals surface area contributed by atoms with E-state index in [1.807, 2.05) is 18.2 Å². The van der Waals surface area contributed by atoms with Gasteiger partial charge in [0.15, 0.2) is 0 Å². The molecule has 0 N–H and O–H groups in total. The molecule has 0 fully saturated rings. The first-order chi connectivity index (χ1) is 23.8. The van der Waals surface area contributed by atoms with Crippen LogP contribution in [-0.4, -0.2) is 14.5 Å². The van der Waals surface area contributed by atoms with Crippen molar-refractivity contribution < 1.29 is 4.42 Å². The first kappa shape index (κ1) is 25.6. The van der Waals surface area contributed by atoms with Crippen LogP contribution in [0.25, 0.3) is 104 Å². The second-order valence-electron chi connectivity index (χ2n) is 12.5. The van der Waals surface area contributed by atoms with Gasteiger partial charge in [0.1, 0.15) is 11.2 Å². The third-order valence-electron chi connectivity index (χ3n) is 9.96. The van der Waals surface area contributed by atoms with Gasteiger partial charge in [0.25, 0.3) is 0 Å². The number of benzene rings is 8. The van der Waals surface area contributed by atoms with Crippen LogP contribution in [0.2, 0.25) is 0 Å². The fourth-order valence-corrected chi connectivity index (χ4v) is 7.88. The van der Waals surface area contributed by atoms with Crippen LogP contribution in [0.15, 0.2) is 156 Å². The van der Waals surface area contributed by atoms with Gasteiger partial charge < -0.3 is 4.42 Å². The Morgan fingerprint density at radius 1 is 0.438 bits per heavy atom. The second kappa shape index (κ2) is 9.50. The number of aromatic nitrogens is 3. The molecule has 0 amide bonds. The summed E-state index contributed by atoms with van der Waals surface area (Å²) in [5.74, 6) is 0.631. The van der Waals surface area contributed by atoms with Crippen molar-refractivity contribution in [3.63, 3.8) is 0 Å². The second-order valence-corrected chi connectivity index (χ2v) is 12.5. The molecule has 0 unspecified atom stereocenters. The third-order valence-corrected chi connectivity index (χ3v) is 9.96. The zero-order chi connectivity index (χ0) is 31.3. The average molecular weight is 612 g/mol. The van der Waals surface area contributed by atoms with Crippen molar-refractivity contribution >= 4 is 87.0 Å². The highest BCUT2D eigenvalue weighted by atomic mass is 16.3. The van der Waals surface area contributed by atoms with Gasteiger partial charge in [-0.3, -0.25) is 4.57 Å². The highest BCUT2D eigenvalue weighted by Crippen LogP contribution is 2.44. The lowest BCUT2D eigenvalue weighted by Crippen LogP contribution is -2.03. The van der Waals surface area contributed by atoms with Crippen molar-refractivity contribution in [3.8, 4) is 17.2 Å². The smallest absolute Gasteiger partial charge is 0.235 e. The van der Waals surface area contributed by atoms with Crippen molar-refractivity contribution in [2.24, 2.45) is 0 Å². The lowest BCUT2D eigenvalue weighted by molar-refractivity contribution is 0.670. The van der Waals surface area contributed by atoms with E-state index in [1.54, 1.807) is 0 Å². The van der Waals surface area contributed by atoms with E-state index in [9.17, 15) is 0 Å². The van der Waals surface area contributed by atoms with Gasteiger partial charge in [0.2, 0.25) is 5.95 Å². The summed E-state index contributed by atoms with van der Waals surface area (Å²) < 4.78 is 8.94. The van der Waals surface area contributed by atoms with Crippen LogP contribution in [0.5, 0.6) is 0 Å². The molecule has 48 heavy (non-hydrogen) atoms. The summed E-state index contributed by atoms with van der Waals surface area (Å²) in [6.45, 7) is 0. The molecule has 4 heteroatoms. The van der Waals surface area contributed by atoms with Gasteiger partial charge in [0.05, 0.1) is 22.2 Å². The first-order valence-electron chi connectivity index (χ1n) is 16.3. The molecular weight excluding hydrogens is 587 g/mol. The number of para-hydroxylation sites is 2. The SMILES string of the molecule is c1ccc2c(c1)cc(-c1nc(-n3c4ccc5ccccc5c4c4c5ccccc5ccc43)nc3ccccc13)c1oc3ccccc3c12. The van der Waals surface area contributed by atoms with Crippen LogP contribution in [0.3, 0.4) is 0 Å². The van der Waals surface area contributed by atoms with Crippen molar-refractivity contribution in [3.05, 3.63) is 152 Å². The van der Waals surface area contributed by atoms with Gasteiger partial charge in [-0.15, -0.1) is 0 Å². The van der Waals surface area contributed by atoms with E-state index < -0.39 is 0 Å². The Bertz CT molecular complexity index is 3040. The Labute approximate surface area is 274 Å². The van der Waals surface area contributed by atoms with Crippen molar-refractivity contribution in [2.45, 2.75) is 0 Å². The van der Waals surface area contributed by atoms with Crippen LogP contribution in [0.4, 0.5) is 0 Å². The Morgan fingerprint density at radius 2 is 0.979 bits per heavy atom. The van der Waals surface area contributed by atoms with Crippen LogP contribution in [-0.2, 0) is 0 Å². The molecule has 222 valence electrons. The molecule has 0 aliphatic carbocycles. The molecule has 0 spiro atoms. The number of hydrogen-bond donors (Lipinski definition) is 0. The molecule has 11 rings (SSSR count). The van der Waals surface area contributed by atoms with Gasteiger partial charge in [-0.25, -0.2) is 9.97 Å². The van der Waals surface area contributed by atoms with Gasteiger partial charge in [-0.05, 0) is 62.6 Å². The molecule has 0 radical (unpaired) electrons. The lowest BCUT2D eigenvalue weighted by Gasteiger charge is -2.13. The Kier molecular flexibility index (Phi) is 5.08. The monoisotopic (exact) mass is 611 g/mol. The minimum atomic E-state index is 0.631. The molecule has 0 aliphatic heterocycles. The lowest BCUT2D eigenvalue weighted by atomic mass is 9.97. The zero-order valence-electron chi connectivity index (χ0n) is 25.7. The summed E-state index contributed by atoms with van der Waals surface area (Å²) in [5, 5.41) is 12.8. The fourth-order valence-electron chi connectivity index (χ4n) is 7.88. The van der Waals surface area contributed by atoms with Gasteiger partial charge in [-0.1, -0.05) is 121 Å².